The third kappa shape index (κ3) is 5.49. The van der Waals surface area contributed by atoms with Crippen LogP contribution in [0.15, 0.2) is 36.5 Å². The lowest BCUT2D eigenvalue weighted by Gasteiger charge is -2.31. The molecule has 0 radical (unpaired) electrons. The number of benzene rings is 1. The van der Waals surface area contributed by atoms with E-state index in [1.165, 1.54) is 5.56 Å². The summed E-state index contributed by atoms with van der Waals surface area (Å²) < 4.78 is 1.93. The Morgan fingerprint density at radius 1 is 1.10 bits per heavy atom. The second-order valence-electron chi connectivity index (χ2n) is 8.07. The molecular formula is C24H34N4O2. The zero-order chi connectivity index (χ0) is 21.3. The number of nitrogens with zero attached hydrogens (tertiary/aromatic N) is 3. The van der Waals surface area contributed by atoms with Crippen LogP contribution >= 0.6 is 0 Å². The average molecular weight is 411 g/mol. The quantitative estimate of drug-likeness (QED) is 0.642. The molecule has 2 heterocycles. The normalized spacial score (nSPS) is 14.7. The Morgan fingerprint density at radius 3 is 2.50 bits per heavy atom. The summed E-state index contributed by atoms with van der Waals surface area (Å²) in [6, 6.07) is 10.2. The van der Waals surface area contributed by atoms with E-state index in [1.807, 2.05) is 27.8 Å². The molecule has 1 aromatic carbocycles. The summed E-state index contributed by atoms with van der Waals surface area (Å²) >= 11 is 0. The number of rotatable bonds is 9. The van der Waals surface area contributed by atoms with E-state index in [0.29, 0.717) is 25.2 Å². The van der Waals surface area contributed by atoms with Crippen LogP contribution in [0.2, 0.25) is 0 Å². The number of hydrogen-bond donors (Lipinski definition) is 1. The fraction of sp³-hybridized carbons (Fsp3) is 0.542. The number of nitrogens with one attached hydrogen (secondary N) is 1. The summed E-state index contributed by atoms with van der Waals surface area (Å²) in [7, 11) is 0. The predicted octanol–water partition coefficient (Wildman–Crippen LogP) is 3.65. The number of piperidine rings is 1. The summed E-state index contributed by atoms with van der Waals surface area (Å²) in [6.07, 6.45) is 7.24. The molecule has 1 N–H and O–H groups in total. The van der Waals surface area contributed by atoms with E-state index in [4.69, 9.17) is 0 Å². The molecule has 162 valence electrons. The molecule has 0 unspecified atom stereocenters. The summed E-state index contributed by atoms with van der Waals surface area (Å²) in [4.78, 5) is 27.4. The Balaban J connectivity index is 1.57. The van der Waals surface area contributed by atoms with Crippen LogP contribution in [0.3, 0.4) is 0 Å². The Labute approximate surface area is 179 Å². The van der Waals surface area contributed by atoms with Crippen LogP contribution in [0.5, 0.6) is 0 Å². The second kappa shape index (κ2) is 11.0. The number of carbonyl (C=O) groups is 2. The zero-order valence-electron chi connectivity index (χ0n) is 18.3. The maximum atomic E-state index is 13.1. The number of carbonyl (C=O) groups excluding carboxylic acids is 2. The molecule has 0 saturated carbocycles. The molecule has 1 fully saturated rings. The molecule has 1 aromatic heterocycles. The molecule has 0 atom stereocenters. The molecule has 2 aromatic rings. The van der Waals surface area contributed by atoms with Crippen molar-refractivity contribution in [3.63, 3.8) is 0 Å². The maximum absolute atomic E-state index is 13.1. The van der Waals surface area contributed by atoms with Crippen LogP contribution in [-0.2, 0) is 17.8 Å². The van der Waals surface area contributed by atoms with Crippen LogP contribution in [0, 0.1) is 5.92 Å². The molecule has 1 aliphatic rings. The topological polar surface area (TPSA) is 67.2 Å². The smallest absolute Gasteiger partial charge is 0.257 e. The highest BCUT2D eigenvalue weighted by Gasteiger charge is 2.29. The molecule has 30 heavy (non-hydrogen) atoms. The van der Waals surface area contributed by atoms with Crippen molar-refractivity contribution in [2.75, 3.05) is 19.6 Å². The van der Waals surface area contributed by atoms with Gasteiger partial charge in [0, 0.05) is 25.6 Å². The highest BCUT2D eigenvalue weighted by atomic mass is 16.2. The minimum Gasteiger partial charge on any atom is -0.356 e. The molecule has 2 amide bonds. The highest BCUT2D eigenvalue weighted by molar-refractivity contribution is 5.95. The standard InChI is InChI=1S/C24H34N4O2/c1-3-5-9-14-25-23(29)20-12-15-27(16-13-20)24(30)21-17-26-28(22(21)4-2)18-19-10-7-6-8-11-19/h6-8,10-11,17,20H,3-5,9,12-16,18H2,1-2H3,(H,25,29). The zero-order valence-corrected chi connectivity index (χ0v) is 18.3. The lowest BCUT2D eigenvalue weighted by atomic mass is 9.95. The van der Waals surface area contributed by atoms with E-state index in [1.54, 1.807) is 6.20 Å². The molecule has 1 aliphatic heterocycles. The Bertz CT molecular complexity index is 823. The van der Waals surface area contributed by atoms with Gasteiger partial charge in [-0.25, -0.2) is 0 Å². The van der Waals surface area contributed by atoms with Gasteiger partial charge in [0.25, 0.3) is 5.91 Å². The third-order valence-corrected chi connectivity index (χ3v) is 5.92. The monoisotopic (exact) mass is 410 g/mol. The number of likely N-dealkylation sites (tertiary alicyclic amines) is 1. The maximum Gasteiger partial charge on any atom is 0.257 e. The molecule has 6 heteroatoms. The molecule has 6 nitrogen and oxygen atoms in total. The number of hydrogen-bond acceptors (Lipinski definition) is 3. The SMILES string of the molecule is CCCCCNC(=O)C1CCN(C(=O)c2cnn(Cc3ccccc3)c2CC)CC1. The summed E-state index contributed by atoms with van der Waals surface area (Å²) in [6.45, 7) is 6.88. The lowest BCUT2D eigenvalue weighted by Crippen LogP contribution is -2.43. The van der Waals surface area contributed by atoms with Crippen molar-refractivity contribution in [2.24, 2.45) is 5.92 Å². The average Bonchev–Trinajstić information content (AvgIpc) is 3.19. The minimum atomic E-state index is 0.0159. The minimum absolute atomic E-state index is 0.0159. The van der Waals surface area contributed by atoms with Gasteiger partial charge in [0.15, 0.2) is 0 Å². The first-order valence-corrected chi connectivity index (χ1v) is 11.3. The fourth-order valence-electron chi connectivity index (χ4n) is 4.10. The number of unbranched alkanes of at least 4 members (excludes halogenated alkanes) is 2. The molecule has 0 bridgehead atoms. The molecule has 1 saturated heterocycles. The van der Waals surface area contributed by atoms with Gasteiger partial charge in [0.1, 0.15) is 0 Å². The van der Waals surface area contributed by atoms with Crippen LogP contribution in [0.4, 0.5) is 0 Å². The Hall–Kier alpha value is -2.63. The van der Waals surface area contributed by atoms with Gasteiger partial charge in [-0.15, -0.1) is 0 Å². The Kier molecular flexibility index (Phi) is 8.05. The van der Waals surface area contributed by atoms with Crippen molar-refractivity contribution < 1.29 is 9.59 Å². The van der Waals surface area contributed by atoms with Crippen molar-refractivity contribution >= 4 is 11.8 Å². The molecule has 3 rings (SSSR count). The van der Waals surface area contributed by atoms with Gasteiger partial charge < -0.3 is 10.2 Å². The van der Waals surface area contributed by atoms with Gasteiger partial charge in [-0.05, 0) is 31.2 Å². The number of aromatic nitrogens is 2. The summed E-state index contributed by atoms with van der Waals surface area (Å²) in [5.74, 6) is 0.193. The van der Waals surface area contributed by atoms with E-state index in [0.717, 1.165) is 50.8 Å². The lowest BCUT2D eigenvalue weighted by molar-refractivity contribution is -0.126. The number of amides is 2. The van der Waals surface area contributed by atoms with E-state index < -0.39 is 0 Å². The van der Waals surface area contributed by atoms with Crippen LogP contribution < -0.4 is 5.32 Å². The van der Waals surface area contributed by atoms with Gasteiger partial charge in [0.05, 0.1) is 24.0 Å². The van der Waals surface area contributed by atoms with E-state index in [9.17, 15) is 9.59 Å². The van der Waals surface area contributed by atoms with Crippen LogP contribution in [-0.4, -0.2) is 46.1 Å². The van der Waals surface area contributed by atoms with Gasteiger partial charge in [0.2, 0.25) is 5.91 Å². The van der Waals surface area contributed by atoms with Crippen molar-refractivity contribution in [3.05, 3.63) is 53.3 Å². The second-order valence-corrected chi connectivity index (χ2v) is 8.07. The van der Waals surface area contributed by atoms with Crippen molar-refractivity contribution in [1.29, 1.82) is 0 Å². The highest BCUT2D eigenvalue weighted by Crippen LogP contribution is 2.21. The van der Waals surface area contributed by atoms with Gasteiger partial charge in [-0.3, -0.25) is 14.3 Å². The van der Waals surface area contributed by atoms with Crippen LogP contribution in [0.25, 0.3) is 0 Å². The fourth-order valence-corrected chi connectivity index (χ4v) is 4.10. The third-order valence-electron chi connectivity index (χ3n) is 5.92. The first-order valence-electron chi connectivity index (χ1n) is 11.3. The Morgan fingerprint density at radius 2 is 1.83 bits per heavy atom. The van der Waals surface area contributed by atoms with E-state index in [2.05, 4.69) is 36.4 Å². The van der Waals surface area contributed by atoms with Gasteiger partial charge in [-0.1, -0.05) is 57.0 Å². The van der Waals surface area contributed by atoms with E-state index >= 15 is 0 Å². The van der Waals surface area contributed by atoms with Crippen molar-refractivity contribution in [2.45, 2.75) is 58.9 Å². The van der Waals surface area contributed by atoms with Gasteiger partial charge >= 0.3 is 0 Å². The summed E-state index contributed by atoms with van der Waals surface area (Å²) in [5, 5.41) is 7.55. The molecule has 0 aliphatic carbocycles. The first kappa shape index (κ1) is 22.1. The van der Waals surface area contributed by atoms with Crippen molar-refractivity contribution in [3.8, 4) is 0 Å². The first-order chi connectivity index (χ1) is 14.6. The molecule has 0 spiro atoms. The van der Waals surface area contributed by atoms with Crippen molar-refractivity contribution in [1.82, 2.24) is 20.0 Å². The predicted molar refractivity (Wildman–Crippen MR) is 118 cm³/mol. The van der Waals surface area contributed by atoms with Crippen LogP contribution in [0.1, 0.15) is 67.6 Å². The summed E-state index contributed by atoms with van der Waals surface area (Å²) in [5.41, 5.74) is 2.83. The molecular weight excluding hydrogens is 376 g/mol. The van der Waals surface area contributed by atoms with E-state index in [-0.39, 0.29) is 17.7 Å². The van der Waals surface area contributed by atoms with Gasteiger partial charge in [-0.2, -0.15) is 5.10 Å². The largest absolute Gasteiger partial charge is 0.356 e.